The summed E-state index contributed by atoms with van der Waals surface area (Å²) in [7, 11) is 0. The van der Waals surface area contributed by atoms with Crippen LogP contribution in [0.3, 0.4) is 0 Å². The molecular formula is C7H13NO. The molecule has 0 aliphatic carbocycles. The van der Waals surface area contributed by atoms with E-state index in [9.17, 15) is 0 Å². The Bertz CT molecular complexity index is 107. The van der Waals surface area contributed by atoms with Gasteiger partial charge in [0.25, 0.3) is 0 Å². The first-order valence-electron chi connectivity index (χ1n) is 3.09. The van der Waals surface area contributed by atoms with Crippen molar-refractivity contribution >= 4 is 5.71 Å². The van der Waals surface area contributed by atoms with E-state index < -0.39 is 0 Å². The summed E-state index contributed by atoms with van der Waals surface area (Å²) < 4.78 is 0. The summed E-state index contributed by atoms with van der Waals surface area (Å²) in [6.45, 7) is 5.39. The van der Waals surface area contributed by atoms with Crippen LogP contribution in [0.1, 0.15) is 26.2 Å². The lowest BCUT2D eigenvalue weighted by molar-refractivity contribution is 0.317. The van der Waals surface area contributed by atoms with Crippen LogP contribution < -0.4 is 0 Å². The van der Waals surface area contributed by atoms with Gasteiger partial charge >= 0.3 is 0 Å². The number of nitrogens with zero attached hydrogens (tertiary/aromatic N) is 1. The van der Waals surface area contributed by atoms with Gasteiger partial charge in [0, 0.05) is 0 Å². The summed E-state index contributed by atoms with van der Waals surface area (Å²) in [5.41, 5.74) is 0.789. The minimum atomic E-state index is 0.789. The van der Waals surface area contributed by atoms with E-state index in [2.05, 4.69) is 11.7 Å². The van der Waals surface area contributed by atoms with Crippen LogP contribution in [-0.2, 0) is 0 Å². The molecule has 0 unspecified atom stereocenters. The Morgan fingerprint density at radius 2 is 2.44 bits per heavy atom. The maximum Gasteiger partial charge on any atom is 0.0540 e. The highest BCUT2D eigenvalue weighted by atomic mass is 16.4. The quantitative estimate of drug-likeness (QED) is 0.203. The first kappa shape index (κ1) is 8.21. The van der Waals surface area contributed by atoms with Crippen LogP contribution in [0.15, 0.2) is 17.8 Å². The fraction of sp³-hybridized carbons (Fsp3) is 0.571. The van der Waals surface area contributed by atoms with Gasteiger partial charge < -0.3 is 5.21 Å². The highest BCUT2D eigenvalue weighted by Gasteiger charge is 1.88. The summed E-state index contributed by atoms with van der Waals surface area (Å²) in [5.74, 6) is 0. The van der Waals surface area contributed by atoms with Crippen LogP contribution in [0.2, 0.25) is 0 Å². The number of unbranched alkanes of at least 4 members (excludes halogenated alkanes) is 1. The molecule has 0 spiro atoms. The van der Waals surface area contributed by atoms with Gasteiger partial charge in [-0.05, 0) is 26.2 Å². The van der Waals surface area contributed by atoms with E-state index in [1.807, 2.05) is 13.0 Å². The molecule has 0 aliphatic heterocycles. The molecule has 0 amide bonds. The lowest BCUT2D eigenvalue weighted by Gasteiger charge is -1.92. The van der Waals surface area contributed by atoms with Crippen molar-refractivity contribution in [3.8, 4) is 0 Å². The van der Waals surface area contributed by atoms with E-state index >= 15 is 0 Å². The molecule has 0 fully saturated rings. The van der Waals surface area contributed by atoms with Crippen LogP contribution in [-0.4, -0.2) is 10.9 Å². The fourth-order valence-electron chi connectivity index (χ4n) is 0.552. The van der Waals surface area contributed by atoms with Crippen molar-refractivity contribution in [2.45, 2.75) is 26.2 Å². The third-order valence-electron chi connectivity index (χ3n) is 1.12. The standard InChI is InChI=1S/C7H13NO/c1-3-4-5-6-7(2)8-9/h3,9H,1,4-6H2,2H3. The van der Waals surface area contributed by atoms with Crippen molar-refractivity contribution in [3.05, 3.63) is 12.7 Å². The topological polar surface area (TPSA) is 32.6 Å². The van der Waals surface area contributed by atoms with Crippen molar-refractivity contribution in [2.75, 3.05) is 0 Å². The van der Waals surface area contributed by atoms with Crippen molar-refractivity contribution in [3.63, 3.8) is 0 Å². The molecule has 0 radical (unpaired) electrons. The molecule has 0 atom stereocenters. The Labute approximate surface area is 55.9 Å². The Balaban J connectivity index is 3.17. The smallest absolute Gasteiger partial charge is 0.0540 e. The van der Waals surface area contributed by atoms with Gasteiger partial charge in [-0.1, -0.05) is 11.2 Å². The molecule has 0 aromatic heterocycles. The minimum absolute atomic E-state index is 0.789. The molecule has 1 N–H and O–H groups in total. The second-order valence-corrected chi connectivity index (χ2v) is 2.02. The van der Waals surface area contributed by atoms with E-state index in [0.717, 1.165) is 25.0 Å². The zero-order valence-electron chi connectivity index (χ0n) is 5.80. The van der Waals surface area contributed by atoms with E-state index in [1.165, 1.54) is 0 Å². The summed E-state index contributed by atoms with van der Waals surface area (Å²) in [4.78, 5) is 0. The van der Waals surface area contributed by atoms with Crippen LogP contribution in [0, 0.1) is 0 Å². The van der Waals surface area contributed by atoms with Crippen LogP contribution in [0.4, 0.5) is 0 Å². The minimum Gasteiger partial charge on any atom is -0.411 e. The highest BCUT2D eigenvalue weighted by Crippen LogP contribution is 1.96. The van der Waals surface area contributed by atoms with Crippen molar-refractivity contribution in [1.82, 2.24) is 0 Å². The maximum atomic E-state index is 8.20. The molecule has 52 valence electrons. The number of allylic oxidation sites excluding steroid dienone is 1. The molecule has 2 nitrogen and oxygen atoms in total. The summed E-state index contributed by atoms with van der Waals surface area (Å²) in [6, 6.07) is 0. The fourth-order valence-corrected chi connectivity index (χ4v) is 0.552. The largest absolute Gasteiger partial charge is 0.411 e. The van der Waals surface area contributed by atoms with E-state index in [0.29, 0.717) is 0 Å². The lowest BCUT2D eigenvalue weighted by atomic mass is 10.2. The molecule has 0 heterocycles. The summed E-state index contributed by atoms with van der Waals surface area (Å²) in [6.07, 6.45) is 4.75. The second-order valence-electron chi connectivity index (χ2n) is 2.02. The summed E-state index contributed by atoms with van der Waals surface area (Å²) in [5, 5.41) is 11.2. The molecule has 0 rings (SSSR count). The average molecular weight is 127 g/mol. The Morgan fingerprint density at radius 3 is 2.89 bits per heavy atom. The van der Waals surface area contributed by atoms with E-state index in [4.69, 9.17) is 5.21 Å². The number of oxime groups is 1. The Hall–Kier alpha value is -0.790. The van der Waals surface area contributed by atoms with Gasteiger partial charge in [-0.25, -0.2) is 0 Å². The maximum absolute atomic E-state index is 8.20. The van der Waals surface area contributed by atoms with Gasteiger partial charge in [0.2, 0.25) is 0 Å². The Morgan fingerprint density at radius 1 is 1.78 bits per heavy atom. The molecule has 0 aliphatic rings. The van der Waals surface area contributed by atoms with Gasteiger partial charge in [0.15, 0.2) is 0 Å². The van der Waals surface area contributed by atoms with Crippen molar-refractivity contribution in [1.29, 1.82) is 0 Å². The zero-order valence-corrected chi connectivity index (χ0v) is 5.80. The van der Waals surface area contributed by atoms with Crippen molar-refractivity contribution in [2.24, 2.45) is 5.16 Å². The van der Waals surface area contributed by atoms with Gasteiger partial charge in [-0.3, -0.25) is 0 Å². The summed E-state index contributed by atoms with van der Waals surface area (Å²) >= 11 is 0. The molecule has 0 saturated carbocycles. The van der Waals surface area contributed by atoms with E-state index in [-0.39, 0.29) is 0 Å². The van der Waals surface area contributed by atoms with Gasteiger partial charge in [-0.15, -0.1) is 6.58 Å². The van der Waals surface area contributed by atoms with Gasteiger partial charge in [0.1, 0.15) is 0 Å². The van der Waals surface area contributed by atoms with Crippen molar-refractivity contribution < 1.29 is 5.21 Å². The molecule has 0 bridgehead atoms. The number of hydrogen-bond donors (Lipinski definition) is 1. The molecule has 0 aromatic rings. The highest BCUT2D eigenvalue weighted by molar-refractivity contribution is 5.81. The molecule has 9 heavy (non-hydrogen) atoms. The normalized spacial score (nSPS) is 11.4. The lowest BCUT2D eigenvalue weighted by Crippen LogP contribution is -1.89. The predicted molar refractivity (Wildman–Crippen MR) is 38.9 cm³/mol. The van der Waals surface area contributed by atoms with Crippen LogP contribution in [0.5, 0.6) is 0 Å². The number of hydrogen-bond acceptors (Lipinski definition) is 2. The average Bonchev–Trinajstić information content (AvgIpc) is 1.89. The molecule has 2 heteroatoms. The molecular weight excluding hydrogens is 114 g/mol. The zero-order chi connectivity index (χ0) is 7.11. The first-order chi connectivity index (χ1) is 4.31. The number of rotatable bonds is 4. The second kappa shape index (κ2) is 5.35. The van der Waals surface area contributed by atoms with E-state index in [1.54, 1.807) is 0 Å². The third kappa shape index (κ3) is 5.07. The Kier molecular flexibility index (Phi) is 4.88. The first-order valence-corrected chi connectivity index (χ1v) is 3.09. The third-order valence-corrected chi connectivity index (χ3v) is 1.12. The van der Waals surface area contributed by atoms with Crippen LogP contribution >= 0.6 is 0 Å². The molecule has 0 saturated heterocycles. The monoisotopic (exact) mass is 127 g/mol. The van der Waals surface area contributed by atoms with Crippen LogP contribution in [0.25, 0.3) is 0 Å². The molecule has 0 aromatic carbocycles. The van der Waals surface area contributed by atoms with Gasteiger partial charge in [0.05, 0.1) is 5.71 Å². The SMILES string of the molecule is C=CCCCC(C)=NO. The predicted octanol–water partition coefficient (Wildman–Crippen LogP) is 2.19. The van der Waals surface area contributed by atoms with Gasteiger partial charge in [-0.2, -0.15) is 0 Å².